The molecule has 1 amide bonds. The molecule has 1 unspecified atom stereocenters. The maximum atomic E-state index is 11.7. The lowest BCUT2D eigenvalue weighted by molar-refractivity contribution is -0.121. The lowest BCUT2D eigenvalue weighted by Crippen LogP contribution is -2.36. The summed E-state index contributed by atoms with van der Waals surface area (Å²) in [6.07, 6.45) is 0.635. The third kappa shape index (κ3) is 5.18. The van der Waals surface area contributed by atoms with Crippen molar-refractivity contribution in [3.8, 4) is 0 Å². The van der Waals surface area contributed by atoms with Crippen LogP contribution < -0.4 is 11.1 Å². The number of oxime groups is 1. The summed E-state index contributed by atoms with van der Waals surface area (Å²) in [6.45, 7) is 1.80. The van der Waals surface area contributed by atoms with Gasteiger partial charge in [0.05, 0.1) is 6.42 Å². The van der Waals surface area contributed by atoms with Crippen LogP contribution in [0.25, 0.3) is 0 Å². The molecule has 1 aromatic carbocycles. The van der Waals surface area contributed by atoms with Crippen molar-refractivity contribution in [2.24, 2.45) is 10.9 Å². The van der Waals surface area contributed by atoms with E-state index in [1.54, 1.807) is 6.92 Å². The number of nitrogens with zero attached hydrogens (tertiary/aromatic N) is 1. The summed E-state index contributed by atoms with van der Waals surface area (Å²) >= 11 is 3.34. The van der Waals surface area contributed by atoms with Crippen LogP contribution >= 0.6 is 15.9 Å². The number of nitrogens with two attached hydrogens (primary N) is 1. The van der Waals surface area contributed by atoms with Crippen molar-refractivity contribution in [1.82, 2.24) is 5.32 Å². The van der Waals surface area contributed by atoms with Crippen LogP contribution in [0.3, 0.4) is 0 Å². The average Bonchev–Trinajstić information content (AvgIpc) is 2.31. The summed E-state index contributed by atoms with van der Waals surface area (Å²) in [4.78, 5) is 11.7. The molecular weight excluding hydrogens is 298 g/mol. The Labute approximate surface area is 114 Å². The molecule has 0 aliphatic rings. The first-order chi connectivity index (χ1) is 8.51. The Morgan fingerprint density at radius 1 is 1.50 bits per heavy atom. The molecule has 0 saturated carbocycles. The molecule has 4 N–H and O–H groups in total. The molecule has 98 valence electrons. The number of halogens is 1. The number of rotatable bonds is 5. The largest absolute Gasteiger partial charge is 0.409 e. The SMILES string of the molecule is CC(CC(N)=NO)NC(=O)Cc1ccc(Br)cc1. The molecule has 0 radical (unpaired) electrons. The number of amides is 1. The predicted molar refractivity (Wildman–Crippen MR) is 73.5 cm³/mol. The Bertz CT molecular complexity index is 431. The molecule has 0 spiro atoms. The van der Waals surface area contributed by atoms with Crippen molar-refractivity contribution in [3.05, 3.63) is 34.3 Å². The molecule has 0 aliphatic carbocycles. The van der Waals surface area contributed by atoms with E-state index in [2.05, 4.69) is 26.4 Å². The van der Waals surface area contributed by atoms with Crippen molar-refractivity contribution in [2.45, 2.75) is 25.8 Å². The molecule has 0 fully saturated rings. The fourth-order valence-electron chi connectivity index (χ4n) is 1.52. The van der Waals surface area contributed by atoms with Gasteiger partial charge in [-0.05, 0) is 24.6 Å². The minimum Gasteiger partial charge on any atom is -0.409 e. The Balaban J connectivity index is 2.44. The van der Waals surface area contributed by atoms with Crippen molar-refractivity contribution >= 4 is 27.7 Å². The minimum atomic E-state index is -0.163. The molecule has 1 aromatic rings. The van der Waals surface area contributed by atoms with Gasteiger partial charge in [0.25, 0.3) is 0 Å². The van der Waals surface area contributed by atoms with Gasteiger partial charge in [-0.2, -0.15) is 0 Å². The van der Waals surface area contributed by atoms with E-state index in [9.17, 15) is 4.79 Å². The third-order valence-corrected chi connectivity index (χ3v) is 2.86. The monoisotopic (exact) mass is 313 g/mol. The van der Waals surface area contributed by atoms with E-state index in [0.717, 1.165) is 10.0 Å². The fourth-order valence-corrected chi connectivity index (χ4v) is 1.78. The highest BCUT2D eigenvalue weighted by atomic mass is 79.9. The predicted octanol–water partition coefficient (Wildman–Crippen LogP) is 1.63. The first kappa shape index (κ1) is 14.5. The number of carbonyl (C=O) groups is 1. The normalized spacial score (nSPS) is 13.1. The Morgan fingerprint density at radius 3 is 2.67 bits per heavy atom. The van der Waals surface area contributed by atoms with Gasteiger partial charge in [-0.1, -0.05) is 33.2 Å². The lowest BCUT2D eigenvalue weighted by Gasteiger charge is -2.12. The number of benzene rings is 1. The smallest absolute Gasteiger partial charge is 0.224 e. The minimum absolute atomic E-state index is 0.0874. The van der Waals surface area contributed by atoms with Gasteiger partial charge >= 0.3 is 0 Å². The first-order valence-corrected chi connectivity index (χ1v) is 6.30. The lowest BCUT2D eigenvalue weighted by atomic mass is 10.1. The zero-order chi connectivity index (χ0) is 13.5. The van der Waals surface area contributed by atoms with Gasteiger partial charge in [0.2, 0.25) is 5.91 Å². The van der Waals surface area contributed by atoms with Crippen LogP contribution in [0.1, 0.15) is 18.9 Å². The van der Waals surface area contributed by atoms with Gasteiger partial charge in [0, 0.05) is 16.9 Å². The van der Waals surface area contributed by atoms with Crippen LogP contribution in [0, 0.1) is 0 Å². The van der Waals surface area contributed by atoms with Gasteiger partial charge in [-0.3, -0.25) is 4.79 Å². The summed E-state index contributed by atoms with van der Waals surface area (Å²) in [5, 5.41) is 14.1. The Hall–Kier alpha value is -1.56. The number of amidine groups is 1. The number of nitrogens with one attached hydrogen (secondary N) is 1. The molecule has 0 saturated heterocycles. The summed E-state index contributed by atoms with van der Waals surface area (Å²) in [5.74, 6) is 0.0157. The van der Waals surface area contributed by atoms with Gasteiger partial charge in [-0.15, -0.1) is 0 Å². The maximum absolute atomic E-state index is 11.7. The van der Waals surface area contributed by atoms with Crippen molar-refractivity contribution in [2.75, 3.05) is 0 Å². The number of carbonyl (C=O) groups excluding carboxylic acids is 1. The van der Waals surface area contributed by atoms with Crippen molar-refractivity contribution in [1.29, 1.82) is 0 Å². The molecule has 1 atom stereocenters. The van der Waals surface area contributed by atoms with E-state index in [0.29, 0.717) is 12.8 Å². The molecule has 5 nitrogen and oxygen atoms in total. The van der Waals surface area contributed by atoms with Gasteiger partial charge in [0.1, 0.15) is 5.84 Å². The standard InChI is InChI=1S/C12H16BrN3O2/c1-8(6-11(14)16-18)15-12(17)7-9-2-4-10(13)5-3-9/h2-5,8,18H,6-7H2,1H3,(H2,14,16)(H,15,17). The molecule has 1 rings (SSSR count). The molecule has 0 heterocycles. The zero-order valence-corrected chi connectivity index (χ0v) is 11.6. The van der Waals surface area contributed by atoms with Crippen LogP contribution in [0.2, 0.25) is 0 Å². The molecule has 18 heavy (non-hydrogen) atoms. The van der Waals surface area contributed by atoms with Crippen LogP contribution in [0.4, 0.5) is 0 Å². The van der Waals surface area contributed by atoms with Crippen LogP contribution in [0.5, 0.6) is 0 Å². The second-order valence-corrected chi connectivity index (χ2v) is 4.98. The Kier molecular flexibility index (Phi) is 5.64. The molecule has 0 aliphatic heterocycles. The highest BCUT2D eigenvalue weighted by Gasteiger charge is 2.09. The van der Waals surface area contributed by atoms with E-state index in [4.69, 9.17) is 10.9 Å². The third-order valence-electron chi connectivity index (χ3n) is 2.33. The van der Waals surface area contributed by atoms with Gasteiger partial charge in [0.15, 0.2) is 0 Å². The summed E-state index contributed by atoms with van der Waals surface area (Å²) in [7, 11) is 0. The fraction of sp³-hybridized carbons (Fsp3) is 0.333. The molecule has 0 bridgehead atoms. The topological polar surface area (TPSA) is 87.7 Å². The summed E-state index contributed by atoms with van der Waals surface area (Å²) in [6, 6.07) is 7.39. The highest BCUT2D eigenvalue weighted by Crippen LogP contribution is 2.10. The number of hydrogen-bond donors (Lipinski definition) is 3. The highest BCUT2D eigenvalue weighted by molar-refractivity contribution is 9.10. The van der Waals surface area contributed by atoms with Crippen molar-refractivity contribution in [3.63, 3.8) is 0 Å². The second kappa shape index (κ2) is 7.00. The molecule has 6 heteroatoms. The maximum Gasteiger partial charge on any atom is 0.224 e. The summed E-state index contributed by atoms with van der Waals surface area (Å²) < 4.78 is 0.979. The van der Waals surface area contributed by atoms with Crippen molar-refractivity contribution < 1.29 is 10.0 Å². The van der Waals surface area contributed by atoms with Crippen LogP contribution in [0.15, 0.2) is 33.9 Å². The van der Waals surface area contributed by atoms with E-state index in [1.165, 1.54) is 0 Å². The summed E-state index contributed by atoms with van der Waals surface area (Å²) in [5.41, 5.74) is 6.30. The quantitative estimate of drug-likeness (QED) is 0.334. The first-order valence-electron chi connectivity index (χ1n) is 5.51. The second-order valence-electron chi connectivity index (χ2n) is 4.07. The van der Waals surface area contributed by atoms with Crippen LogP contribution in [-0.4, -0.2) is 23.0 Å². The zero-order valence-electron chi connectivity index (χ0n) is 10.1. The molecular formula is C12H16BrN3O2. The average molecular weight is 314 g/mol. The number of hydrogen-bond acceptors (Lipinski definition) is 3. The van der Waals surface area contributed by atoms with Gasteiger partial charge < -0.3 is 16.3 Å². The molecule has 0 aromatic heterocycles. The van der Waals surface area contributed by atoms with Crippen LogP contribution in [-0.2, 0) is 11.2 Å². The van der Waals surface area contributed by atoms with Gasteiger partial charge in [-0.25, -0.2) is 0 Å². The van der Waals surface area contributed by atoms with E-state index in [-0.39, 0.29) is 17.8 Å². The van der Waals surface area contributed by atoms with E-state index < -0.39 is 0 Å². The van der Waals surface area contributed by atoms with E-state index in [1.807, 2.05) is 24.3 Å². The Morgan fingerprint density at radius 2 is 2.11 bits per heavy atom. The van der Waals surface area contributed by atoms with E-state index >= 15 is 0 Å².